The van der Waals surface area contributed by atoms with Crippen molar-refractivity contribution in [3.63, 3.8) is 0 Å². The summed E-state index contributed by atoms with van der Waals surface area (Å²) in [5.74, 6) is 4.05. The topological polar surface area (TPSA) is 82.3 Å². The van der Waals surface area contributed by atoms with Gasteiger partial charge in [0.25, 0.3) is 0 Å². The van der Waals surface area contributed by atoms with Gasteiger partial charge in [-0.15, -0.1) is 29.1 Å². The average Bonchev–Trinajstić information content (AvgIpc) is 3.27. The number of hydrogen-bond donors (Lipinski definition) is 2. The number of aliphatic imine (C=N–C) groups is 1. The second kappa shape index (κ2) is 9.30. The molecule has 0 aliphatic carbocycles. The molecule has 9 heteroatoms. The van der Waals surface area contributed by atoms with Gasteiger partial charge in [-0.25, -0.2) is 4.98 Å². The Labute approximate surface area is 163 Å². The number of aromatic amines is 1. The van der Waals surface area contributed by atoms with Crippen LogP contribution in [0.4, 0.5) is 0 Å². The molecule has 0 amide bonds. The average molecular weight is 462 g/mol. The molecule has 1 atom stereocenters. The van der Waals surface area contributed by atoms with Crippen molar-refractivity contribution in [1.29, 1.82) is 0 Å². The van der Waals surface area contributed by atoms with Crippen LogP contribution in [0.5, 0.6) is 0 Å². The highest BCUT2D eigenvalue weighted by atomic mass is 127. The van der Waals surface area contributed by atoms with E-state index in [1.807, 2.05) is 30.9 Å². The number of nitrogens with zero attached hydrogens (tertiary/aromatic N) is 4. The molecule has 0 aromatic carbocycles. The largest absolute Gasteiger partial charge is 0.461 e. The van der Waals surface area contributed by atoms with E-state index in [1.165, 1.54) is 6.42 Å². The van der Waals surface area contributed by atoms with Crippen LogP contribution >= 0.6 is 35.7 Å². The van der Waals surface area contributed by atoms with Crippen molar-refractivity contribution in [1.82, 2.24) is 25.4 Å². The minimum atomic E-state index is 0. The maximum Gasteiger partial charge on any atom is 0.216 e. The summed E-state index contributed by atoms with van der Waals surface area (Å²) in [6.45, 7) is 4.85. The first-order chi connectivity index (χ1) is 11.3. The molecule has 1 unspecified atom stereocenters. The number of rotatable bonds is 4. The Morgan fingerprint density at radius 2 is 2.46 bits per heavy atom. The lowest BCUT2D eigenvalue weighted by atomic mass is 10.3. The third-order valence-corrected chi connectivity index (χ3v) is 5.16. The van der Waals surface area contributed by atoms with Crippen LogP contribution in [0, 0.1) is 0 Å². The van der Waals surface area contributed by atoms with E-state index in [0.717, 1.165) is 30.6 Å². The molecule has 24 heavy (non-hydrogen) atoms. The zero-order chi connectivity index (χ0) is 16.1. The van der Waals surface area contributed by atoms with Gasteiger partial charge >= 0.3 is 0 Å². The summed E-state index contributed by atoms with van der Waals surface area (Å²) >= 11 is 2.05. The lowest BCUT2D eigenvalue weighted by Gasteiger charge is -2.34. The first kappa shape index (κ1) is 19.1. The third kappa shape index (κ3) is 4.65. The fraction of sp³-hybridized carbons (Fsp3) is 0.533. The van der Waals surface area contributed by atoms with Gasteiger partial charge in [-0.3, -0.25) is 10.1 Å². The Bertz CT molecular complexity index is 644. The van der Waals surface area contributed by atoms with Crippen molar-refractivity contribution < 1.29 is 4.42 Å². The van der Waals surface area contributed by atoms with Gasteiger partial charge in [-0.05, 0) is 18.6 Å². The van der Waals surface area contributed by atoms with Crippen LogP contribution in [-0.4, -0.2) is 57.2 Å². The molecule has 1 saturated heterocycles. The Hall–Kier alpha value is -1.23. The fourth-order valence-corrected chi connectivity index (χ4v) is 3.72. The Kier molecular flexibility index (Phi) is 7.40. The molecule has 3 heterocycles. The highest BCUT2D eigenvalue weighted by molar-refractivity contribution is 14.0. The van der Waals surface area contributed by atoms with E-state index in [4.69, 9.17) is 4.42 Å². The van der Waals surface area contributed by atoms with Crippen LogP contribution in [-0.2, 0) is 6.54 Å². The molecule has 1 aliphatic heterocycles. The van der Waals surface area contributed by atoms with Gasteiger partial charge in [-0.2, -0.15) is 11.8 Å². The molecular weight excluding hydrogens is 439 g/mol. The molecule has 7 nitrogen and oxygen atoms in total. The zero-order valence-electron chi connectivity index (χ0n) is 13.9. The summed E-state index contributed by atoms with van der Waals surface area (Å²) in [6.07, 6.45) is 2.80. The zero-order valence-corrected chi connectivity index (χ0v) is 17.0. The number of H-pyrrole nitrogens is 1. The molecule has 1 aliphatic rings. The fourth-order valence-electron chi connectivity index (χ4n) is 2.54. The molecule has 0 spiro atoms. The molecule has 2 aromatic heterocycles. The first-order valence-corrected chi connectivity index (χ1v) is 8.87. The van der Waals surface area contributed by atoms with Gasteiger partial charge in [0.05, 0.1) is 12.8 Å². The summed E-state index contributed by atoms with van der Waals surface area (Å²) < 4.78 is 5.30. The SMILES string of the molecule is CCC1CN(C(=NC)NCc2nc(-c3ccco3)n[nH]2)CCS1.I. The predicted molar refractivity (Wildman–Crippen MR) is 108 cm³/mol. The molecular formula is C15H23IN6OS. The molecule has 0 radical (unpaired) electrons. The van der Waals surface area contributed by atoms with Crippen molar-refractivity contribution >= 4 is 41.7 Å². The molecule has 0 saturated carbocycles. The highest BCUT2D eigenvalue weighted by Gasteiger charge is 2.21. The minimum absolute atomic E-state index is 0. The van der Waals surface area contributed by atoms with Crippen molar-refractivity contribution in [2.45, 2.75) is 25.1 Å². The third-order valence-electron chi connectivity index (χ3n) is 3.79. The lowest BCUT2D eigenvalue weighted by Crippen LogP contribution is -2.47. The second-order valence-corrected chi connectivity index (χ2v) is 6.74. The van der Waals surface area contributed by atoms with Gasteiger partial charge in [0.2, 0.25) is 5.82 Å². The van der Waals surface area contributed by atoms with Gasteiger partial charge in [-0.1, -0.05) is 6.92 Å². The lowest BCUT2D eigenvalue weighted by molar-refractivity contribution is 0.407. The first-order valence-electron chi connectivity index (χ1n) is 7.82. The van der Waals surface area contributed by atoms with Crippen molar-refractivity contribution in [3.05, 3.63) is 24.2 Å². The molecule has 2 N–H and O–H groups in total. The van der Waals surface area contributed by atoms with Crippen LogP contribution in [0.3, 0.4) is 0 Å². The van der Waals surface area contributed by atoms with Crippen LogP contribution in [0.1, 0.15) is 19.2 Å². The summed E-state index contributed by atoms with van der Waals surface area (Å²) in [5, 5.41) is 11.1. The number of furan rings is 1. The monoisotopic (exact) mass is 462 g/mol. The number of nitrogens with one attached hydrogen (secondary N) is 2. The number of guanidine groups is 1. The maximum absolute atomic E-state index is 5.30. The van der Waals surface area contributed by atoms with Crippen molar-refractivity contribution in [2.24, 2.45) is 4.99 Å². The maximum atomic E-state index is 5.30. The van der Waals surface area contributed by atoms with Gasteiger partial charge in [0, 0.05) is 31.1 Å². The normalized spacial score (nSPS) is 18.3. The number of aromatic nitrogens is 3. The van der Waals surface area contributed by atoms with Gasteiger partial charge in [0.1, 0.15) is 5.82 Å². The van der Waals surface area contributed by atoms with E-state index in [2.05, 4.69) is 37.3 Å². The van der Waals surface area contributed by atoms with Crippen molar-refractivity contribution in [3.8, 4) is 11.6 Å². The summed E-state index contributed by atoms with van der Waals surface area (Å²) in [4.78, 5) is 11.1. The van der Waals surface area contributed by atoms with E-state index in [0.29, 0.717) is 23.4 Å². The van der Waals surface area contributed by atoms with Crippen LogP contribution in [0.2, 0.25) is 0 Å². The van der Waals surface area contributed by atoms with Crippen LogP contribution in [0.25, 0.3) is 11.6 Å². The van der Waals surface area contributed by atoms with Gasteiger partial charge in [0.15, 0.2) is 11.7 Å². The van der Waals surface area contributed by atoms with Gasteiger partial charge < -0.3 is 14.6 Å². The Balaban J connectivity index is 0.00000208. The minimum Gasteiger partial charge on any atom is -0.461 e. The molecule has 132 valence electrons. The molecule has 0 bridgehead atoms. The Morgan fingerprint density at radius 3 is 3.17 bits per heavy atom. The van der Waals surface area contributed by atoms with E-state index in [1.54, 1.807) is 6.26 Å². The summed E-state index contributed by atoms with van der Waals surface area (Å²) in [5.41, 5.74) is 0. The van der Waals surface area contributed by atoms with E-state index in [9.17, 15) is 0 Å². The Morgan fingerprint density at radius 1 is 1.58 bits per heavy atom. The summed E-state index contributed by atoms with van der Waals surface area (Å²) in [7, 11) is 1.82. The molecule has 2 aromatic rings. The van der Waals surface area contributed by atoms with E-state index >= 15 is 0 Å². The predicted octanol–water partition coefficient (Wildman–Crippen LogP) is 2.59. The molecule has 3 rings (SSSR count). The smallest absolute Gasteiger partial charge is 0.216 e. The standard InChI is InChI=1S/C15H22N6OS.HI/c1-3-11-10-21(6-8-23-11)15(16-2)17-9-13-18-14(20-19-13)12-5-4-7-22-12;/h4-5,7,11H,3,6,8-10H2,1-2H3,(H,16,17)(H,18,19,20);1H. The number of thioether (sulfide) groups is 1. The summed E-state index contributed by atoms with van der Waals surface area (Å²) in [6, 6.07) is 3.67. The van der Waals surface area contributed by atoms with E-state index < -0.39 is 0 Å². The quantitative estimate of drug-likeness (QED) is 0.413. The van der Waals surface area contributed by atoms with E-state index in [-0.39, 0.29) is 24.0 Å². The van der Waals surface area contributed by atoms with Crippen LogP contribution < -0.4 is 5.32 Å². The molecule has 1 fully saturated rings. The van der Waals surface area contributed by atoms with Crippen molar-refractivity contribution in [2.75, 3.05) is 25.9 Å². The highest BCUT2D eigenvalue weighted by Crippen LogP contribution is 2.21. The van der Waals surface area contributed by atoms with Crippen LogP contribution in [0.15, 0.2) is 27.8 Å². The second-order valence-electron chi connectivity index (χ2n) is 5.33. The number of halogens is 1. The number of hydrogen-bond acceptors (Lipinski definition) is 5.